The number of hydrogen-bond acceptors (Lipinski definition) is 6. The zero-order valence-corrected chi connectivity index (χ0v) is 18.4. The molecule has 0 atom stereocenters. The Morgan fingerprint density at radius 2 is 1.55 bits per heavy atom. The lowest BCUT2D eigenvalue weighted by atomic mass is 10.1. The summed E-state index contributed by atoms with van der Waals surface area (Å²) in [4.78, 5) is 17.3. The van der Waals surface area contributed by atoms with Crippen LogP contribution in [0.1, 0.15) is 21.7 Å². The summed E-state index contributed by atoms with van der Waals surface area (Å²) in [7, 11) is 0. The topological polar surface area (TPSA) is 85.0 Å². The number of nitrogens with zero attached hydrogens (tertiary/aromatic N) is 8. The van der Waals surface area contributed by atoms with E-state index < -0.39 is 0 Å². The van der Waals surface area contributed by atoms with Crippen LogP contribution in [-0.2, 0) is 0 Å². The highest BCUT2D eigenvalue weighted by Gasteiger charge is 2.29. The lowest BCUT2D eigenvalue weighted by Crippen LogP contribution is -2.49. The van der Waals surface area contributed by atoms with Crippen LogP contribution in [-0.4, -0.2) is 67.0 Å². The van der Waals surface area contributed by atoms with Crippen molar-refractivity contribution in [2.45, 2.75) is 13.8 Å². The van der Waals surface area contributed by atoms with E-state index in [1.807, 2.05) is 49.1 Å². The van der Waals surface area contributed by atoms with E-state index in [-0.39, 0.29) is 11.7 Å². The molecule has 2 aromatic heterocycles. The van der Waals surface area contributed by atoms with Gasteiger partial charge in [0, 0.05) is 26.2 Å². The SMILES string of the molecule is Cc1nn(-c2ccc(F)cc2)c(C)c1C(=O)N1CCN(c2nnnn2-c2ccccc2)CC1. The number of benzene rings is 2. The van der Waals surface area contributed by atoms with Gasteiger partial charge in [-0.1, -0.05) is 23.3 Å². The minimum Gasteiger partial charge on any atom is -0.336 e. The number of anilines is 1. The highest BCUT2D eigenvalue weighted by atomic mass is 19.1. The third-order valence-electron chi connectivity index (χ3n) is 5.88. The number of rotatable bonds is 4. The van der Waals surface area contributed by atoms with Gasteiger partial charge in [0.15, 0.2) is 0 Å². The molecule has 1 aliphatic rings. The van der Waals surface area contributed by atoms with Crippen molar-refractivity contribution >= 4 is 11.9 Å². The Morgan fingerprint density at radius 1 is 0.879 bits per heavy atom. The largest absolute Gasteiger partial charge is 0.336 e. The summed E-state index contributed by atoms with van der Waals surface area (Å²) in [5.74, 6) is 0.290. The standard InChI is InChI=1S/C23H23FN8O/c1-16-21(17(2)31(26-16)20-10-8-18(24)9-11-20)22(33)29-12-14-30(15-13-29)23-25-27-28-32(23)19-6-4-3-5-7-19/h3-11H,12-15H2,1-2H3. The molecule has 0 saturated carbocycles. The van der Waals surface area contributed by atoms with E-state index in [2.05, 4.69) is 25.5 Å². The number of tetrazole rings is 1. The maximum Gasteiger partial charge on any atom is 0.257 e. The van der Waals surface area contributed by atoms with E-state index in [0.717, 1.165) is 11.4 Å². The van der Waals surface area contributed by atoms with Crippen LogP contribution in [0.5, 0.6) is 0 Å². The molecule has 0 aliphatic carbocycles. The second-order valence-corrected chi connectivity index (χ2v) is 7.94. The van der Waals surface area contributed by atoms with Gasteiger partial charge in [0.2, 0.25) is 5.95 Å². The quantitative estimate of drug-likeness (QED) is 0.479. The van der Waals surface area contributed by atoms with Crippen LogP contribution in [0.4, 0.5) is 10.3 Å². The Balaban J connectivity index is 1.32. The van der Waals surface area contributed by atoms with E-state index in [9.17, 15) is 9.18 Å². The molecule has 3 heterocycles. The first-order valence-electron chi connectivity index (χ1n) is 10.7. The lowest BCUT2D eigenvalue weighted by molar-refractivity contribution is 0.0744. The maximum atomic E-state index is 13.4. The Hall–Kier alpha value is -4.08. The summed E-state index contributed by atoms with van der Waals surface area (Å²) in [6.07, 6.45) is 0. The highest BCUT2D eigenvalue weighted by molar-refractivity contribution is 5.96. The van der Waals surface area contributed by atoms with Crippen molar-refractivity contribution in [2.75, 3.05) is 31.1 Å². The van der Waals surface area contributed by atoms with E-state index in [4.69, 9.17) is 0 Å². The van der Waals surface area contributed by atoms with Crippen molar-refractivity contribution in [1.82, 2.24) is 34.9 Å². The van der Waals surface area contributed by atoms with E-state index >= 15 is 0 Å². The van der Waals surface area contributed by atoms with Gasteiger partial charge in [-0.3, -0.25) is 4.79 Å². The summed E-state index contributed by atoms with van der Waals surface area (Å²) in [5, 5.41) is 16.7. The number of amides is 1. The molecule has 10 heteroatoms. The van der Waals surface area contributed by atoms with Crippen molar-refractivity contribution in [3.8, 4) is 11.4 Å². The van der Waals surface area contributed by atoms with Crippen LogP contribution >= 0.6 is 0 Å². The molecule has 0 bridgehead atoms. The third-order valence-corrected chi connectivity index (χ3v) is 5.88. The normalized spacial score (nSPS) is 14.0. The van der Waals surface area contributed by atoms with Crippen LogP contribution in [0.3, 0.4) is 0 Å². The molecule has 0 N–H and O–H groups in total. The molecule has 33 heavy (non-hydrogen) atoms. The van der Waals surface area contributed by atoms with E-state index in [1.165, 1.54) is 12.1 Å². The number of aryl methyl sites for hydroxylation is 1. The van der Waals surface area contributed by atoms with Crippen LogP contribution in [0.25, 0.3) is 11.4 Å². The van der Waals surface area contributed by atoms with Gasteiger partial charge in [-0.15, -0.1) is 0 Å². The predicted octanol–water partition coefficient (Wildman–Crippen LogP) is 2.57. The first kappa shape index (κ1) is 20.8. The number of piperazine rings is 1. The van der Waals surface area contributed by atoms with Crippen LogP contribution in [0, 0.1) is 19.7 Å². The van der Waals surface area contributed by atoms with Crippen LogP contribution in [0.15, 0.2) is 54.6 Å². The van der Waals surface area contributed by atoms with Gasteiger partial charge in [0.25, 0.3) is 5.91 Å². The maximum absolute atomic E-state index is 13.4. The van der Waals surface area contributed by atoms with E-state index in [1.54, 1.807) is 21.5 Å². The number of carbonyl (C=O) groups excluding carboxylic acids is 1. The molecule has 1 aliphatic heterocycles. The predicted molar refractivity (Wildman–Crippen MR) is 120 cm³/mol. The number of hydrogen-bond donors (Lipinski definition) is 0. The summed E-state index contributed by atoms with van der Waals surface area (Å²) in [5.41, 5.74) is 3.57. The van der Waals surface area contributed by atoms with Crippen molar-refractivity contribution in [2.24, 2.45) is 0 Å². The molecule has 1 saturated heterocycles. The van der Waals surface area contributed by atoms with Crippen molar-refractivity contribution in [3.05, 3.63) is 77.4 Å². The molecule has 0 spiro atoms. The van der Waals surface area contributed by atoms with Gasteiger partial charge in [0.05, 0.1) is 28.3 Å². The Kier molecular flexibility index (Phi) is 5.33. The molecule has 9 nitrogen and oxygen atoms in total. The number of para-hydroxylation sites is 1. The van der Waals surface area contributed by atoms with Crippen molar-refractivity contribution in [1.29, 1.82) is 0 Å². The van der Waals surface area contributed by atoms with E-state index in [0.29, 0.717) is 49.1 Å². The van der Waals surface area contributed by atoms with Gasteiger partial charge in [-0.05, 0) is 60.7 Å². The monoisotopic (exact) mass is 446 g/mol. The zero-order chi connectivity index (χ0) is 22.9. The molecule has 5 rings (SSSR count). The fourth-order valence-electron chi connectivity index (χ4n) is 4.17. The molecule has 1 amide bonds. The zero-order valence-electron chi connectivity index (χ0n) is 18.4. The minimum absolute atomic E-state index is 0.0549. The van der Waals surface area contributed by atoms with Gasteiger partial charge in [0.1, 0.15) is 5.82 Å². The molecule has 168 valence electrons. The number of carbonyl (C=O) groups is 1. The molecular weight excluding hydrogens is 423 g/mol. The Bertz CT molecular complexity index is 1270. The average molecular weight is 446 g/mol. The number of halogens is 1. The molecule has 0 radical (unpaired) electrons. The Labute approximate surface area is 190 Å². The van der Waals surface area contributed by atoms with Gasteiger partial charge in [-0.25, -0.2) is 9.07 Å². The summed E-state index contributed by atoms with van der Waals surface area (Å²) in [6, 6.07) is 15.8. The highest BCUT2D eigenvalue weighted by Crippen LogP contribution is 2.22. The smallest absolute Gasteiger partial charge is 0.257 e. The molecule has 1 fully saturated rings. The second-order valence-electron chi connectivity index (χ2n) is 7.94. The fourth-order valence-corrected chi connectivity index (χ4v) is 4.17. The molecule has 4 aromatic rings. The average Bonchev–Trinajstić information content (AvgIpc) is 3.44. The minimum atomic E-state index is -0.312. The third kappa shape index (κ3) is 3.84. The van der Waals surface area contributed by atoms with Gasteiger partial charge in [-0.2, -0.15) is 9.78 Å². The molecule has 0 unspecified atom stereocenters. The van der Waals surface area contributed by atoms with Crippen molar-refractivity contribution in [3.63, 3.8) is 0 Å². The Morgan fingerprint density at radius 3 is 2.24 bits per heavy atom. The first-order valence-corrected chi connectivity index (χ1v) is 10.7. The summed E-state index contributed by atoms with van der Waals surface area (Å²) < 4.78 is 16.7. The second kappa shape index (κ2) is 8.45. The first-order chi connectivity index (χ1) is 16.0. The van der Waals surface area contributed by atoms with Crippen molar-refractivity contribution < 1.29 is 9.18 Å². The summed E-state index contributed by atoms with van der Waals surface area (Å²) >= 11 is 0. The number of aromatic nitrogens is 6. The summed E-state index contributed by atoms with van der Waals surface area (Å²) in [6.45, 7) is 6.00. The molecular formula is C23H23FN8O. The van der Waals surface area contributed by atoms with Gasteiger partial charge < -0.3 is 9.80 Å². The van der Waals surface area contributed by atoms with Crippen LogP contribution < -0.4 is 4.90 Å². The fraction of sp³-hybridized carbons (Fsp3) is 0.261. The van der Waals surface area contributed by atoms with Crippen LogP contribution in [0.2, 0.25) is 0 Å². The lowest BCUT2D eigenvalue weighted by Gasteiger charge is -2.34. The molecule has 2 aromatic carbocycles. The van der Waals surface area contributed by atoms with Gasteiger partial charge >= 0.3 is 0 Å².